The molecule has 0 spiro atoms. The highest BCUT2D eigenvalue weighted by Crippen LogP contribution is 2.25. The maximum absolute atomic E-state index is 12.2. The van der Waals surface area contributed by atoms with E-state index in [1.807, 2.05) is 31.2 Å². The number of sulfonamides is 1. The van der Waals surface area contributed by atoms with Crippen LogP contribution in [0.3, 0.4) is 0 Å². The summed E-state index contributed by atoms with van der Waals surface area (Å²) in [7, 11) is -3.39. The molecule has 0 saturated heterocycles. The van der Waals surface area contributed by atoms with E-state index in [-0.39, 0.29) is 11.3 Å². The van der Waals surface area contributed by atoms with Crippen molar-refractivity contribution in [2.45, 2.75) is 39.7 Å². The van der Waals surface area contributed by atoms with Crippen molar-refractivity contribution >= 4 is 33.8 Å². The Balaban J connectivity index is 2.04. The Morgan fingerprint density at radius 3 is 2.30 bits per heavy atom. The summed E-state index contributed by atoms with van der Waals surface area (Å²) in [6.07, 6.45) is 5.98. The molecule has 2 N–H and O–H groups in total. The summed E-state index contributed by atoms with van der Waals surface area (Å²) in [5, 5.41) is 2.85. The Morgan fingerprint density at radius 1 is 1.13 bits per heavy atom. The molecule has 0 aliphatic carbocycles. The molecule has 2 aromatic carbocycles. The summed E-state index contributed by atoms with van der Waals surface area (Å²) < 4.78 is 25.6. The zero-order chi connectivity index (χ0) is 22.5. The SMILES string of the molecule is C=Cc1cc(CNC(=O)C=Cc2ccc(C(C)(C)C)cc2)cc(C)c1NS(C)(=O)=O. The van der Waals surface area contributed by atoms with Gasteiger partial charge in [0.25, 0.3) is 0 Å². The van der Waals surface area contributed by atoms with Crippen molar-refractivity contribution in [3.05, 3.63) is 76.9 Å². The molecule has 0 radical (unpaired) electrons. The minimum atomic E-state index is -3.39. The molecular formula is C24H30N2O3S. The van der Waals surface area contributed by atoms with Gasteiger partial charge in [-0.1, -0.05) is 63.8 Å². The van der Waals surface area contributed by atoms with Gasteiger partial charge in [0.2, 0.25) is 15.9 Å². The molecule has 0 saturated carbocycles. The molecule has 5 nitrogen and oxygen atoms in total. The van der Waals surface area contributed by atoms with Crippen LogP contribution in [-0.2, 0) is 26.8 Å². The highest BCUT2D eigenvalue weighted by atomic mass is 32.2. The molecule has 0 atom stereocenters. The third kappa shape index (κ3) is 6.88. The molecule has 0 fully saturated rings. The molecule has 0 aliphatic rings. The number of carbonyl (C=O) groups excluding carboxylic acids is 1. The summed E-state index contributed by atoms with van der Waals surface area (Å²) in [4.78, 5) is 12.2. The number of carbonyl (C=O) groups is 1. The fourth-order valence-corrected chi connectivity index (χ4v) is 3.64. The van der Waals surface area contributed by atoms with Crippen molar-refractivity contribution in [1.29, 1.82) is 0 Å². The van der Waals surface area contributed by atoms with Crippen LogP contribution in [-0.4, -0.2) is 20.6 Å². The Morgan fingerprint density at radius 2 is 1.77 bits per heavy atom. The fourth-order valence-electron chi connectivity index (χ4n) is 2.99. The normalized spacial score (nSPS) is 12.0. The molecule has 1 amide bonds. The summed E-state index contributed by atoms with van der Waals surface area (Å²) in [6, 6.07) is 11.8. The first kappa shape index (κ1) is 23.4. The van der Waals surface area contributed by atoms with Crippen LogP contribution in [0.25, 0.3) is 12.2 Å². The lowest BCUT2D eigenvalue weighted by Gasteiger charge is -2.18. The van der Waals surface area contributed by atoms with Gasteiger partial charge in [-0.05, 0) is 52.3 Å². The van der Waals surface area contributed by atoms with E-state index < -0.39 is 10.0 Å². The monoisotopic (exact) mass is 426 g/mol. The number of rotatable bonds is 7. The van der Waals surface area contributed by atoms with E-state index in [2.05, 4.69) is 49.5 Å². The maximum atomic E-state index is 12.2. The van der Waals surface area contributed by atoms with Crippen LogP contribution < -0.4 is 10.0 Å². The van der Waals surface area contributed by atoms with Crippen molar-refractivity contribution in [1.82, 2.24) is 5.32 Å². The minimum absolute atomic E-state index is 0.0917. The van der Waals surface area contributed by atoms with E-state index >= 15 is 0 Å². The van der Waals surface area contributed by atoms with Crippen LogP contribution >= 0.6 is 0 Å². The van der Waals surface area contributed by atoms with Gasteiger partial charge in [0, 0.05) is 12.6 Å². The zero-order valence-corrected chi connectivity index (χ0v) is 19.1. The number of anilines is 1. The van der Waals surface area contributed by atoms with Crippen LogP contribution in [0.5, 0.6) is 0 Å². The highest BCUT2D eigenvalue weighted by Gasteiger charge is 2.13. The summed E-state index contributed by atoms with van der Waals surface area (Å²) in [5.41, 5.74) is 5.08. The molecular weight excluding hydrogens is 396 g/mol. The topological polar surface area (TPSA) is 75.3 Å². The first-order chi connectivity index (χ1) is 13.9. The Bertz CT molecular complexity index is 1060. The molecule has 30 heavy (non-hydrogen) atoms. The smallest absolute Gasteiger partial charge is 0.244 e. The lowest BCUT2D eigenvalue weighted by Crippen LogP contribution is -2.20. The van der Waals surface area contributed by atoms with E-state index in [1.165, 1.54) is 11.6 Å². The molecule has 0 aliphatic heterocycles. The third-order valence-electron chi connectivity index (χ3n) is 4.60. The minimum Gasteiger partial charge on any atom is -0.348 e. The standard InChI is InChI=1S/C24H30N2O3S/c1-7-20-15-19(14-17(2)23(20)26-30(6,28)29)16-25-22(27)13-10-18-8-11-21(12-9-18)24(3,4)5/h7-15,26H,1,16H2,2-6H3,(H,25,27). The van der Waals surface area contributed by atoms with Gasteiger partial charge in [-0.3, -0.25) is 9.52 Å². The van der Waals surface area contributed by atoms with Crippen molar-refractivity contribution < 1.29 is 13.2 Å². The summed E-state index contributed by atoms with van der Waals surface area (Å²) in [6.45, 7) is 12.4. The lowest BCUT2D eigenvalue weighted by atomic mass is 9.87. The molecule has 2 rings (SSSR count). The molecule has 0 aromatic heterocycles. The first-order valence-corrected chi connectivity index (χ1v) is 11.6. The van der Waals surface area contributed by atoms with Crippen LogP contribution in [0.15, 0.2) is 49.1 Å². The average molecular weight is 427 g/mol. The van der Waals surface area contributed by atoms with Crippen molar-refractivity contribution in [2.24, 2.45) is 0 Å². The first-order valence-electron chi connectivity index (χ1n) is 9.69. The number of amides is 1. The second-order valence-electron chi connectivity index (χ2n) is 8.38. The second kappa shape index (κ2) is 9.30. The van der Waals surface area contributed by atoms with Crippen LogP contribution in [0.2, 0.25) is 0 Å². The van der Waals surface area contributed by atoms with Gasteiger partial charge in [-0.25, -0.2) is 8.42 Å². The Kier molecular flexibility index (Phi) is 7.26. The molecule has 2 aromatic rings. The van der Waals surface area contributed by atoms with Gasteiger partial charge in [0.05, 0.1) is 11.9 Å². The van der Waals surface area contributed by atoms with E-state index in [1.54, 1.807) is 12.2 Å². The quantitative estimate of drug-likeness (QED) is 0.634. The Labute approximate surface area is 180 Å². The van der Waals surface area contributed by atoms with Crippen LogP contribution in [0.4, 0.5) is 5.69 Å². The molecule has 6 heteroatoms. The van der Waals surface area contributed by atoms with Crippen LogP contribution in [0, 0.1) is 6.92 Å². The van der Waals surface area contributed by atoms with Gasteiger partial charge in [-0.2, -0.15) is 0 Å². The van der Waals surface area contributed by atoms with Gasteiger partial charge in [0.15, 0.2) is 0 Å². The predicted molar refractivity (Wildman–Crippen MR) is 126 cm³/mol. The molecule has 0 unspecified atom stereocenters. The average Bonchev–Trinajstić information content (AvgIpc) is 2.65. The highest BCUT2D eigenvalue weighted by molar-refractivity contribution is 7.92. The van der Waals surface area contributed by atoms with Crippen LogP contribution in [0.1, 0.15) is 48.6 Å². The van der Waals surface area contributed by atoms with E-state index in [0.29, 0.717) is 17.8 Å². The largest absolute Gasteiger partial charge is 0.348 e. The Hall–Kier alpha value is -2.86. The van der Waals surface area contributed by atoms with Gasteiger partial charge in [-0.15, -0.1) is 0 Å². The van der Waals surface area contributed by atoms with Crippen molar-refractivity contribution in [3.63, 3.8) is 0 Å². The summed E-state index contributed by atoms with van der Waals surface area (Å²) >= 11 is 0. The summed E-state index contributed by atoms with van der Waals surface area (Å²) in [5.74, 6) is -0.203. The maximum Gasteiger partial charge on any atom is 0.244 e. The van der Waals surface area contributed by atoms with Gasteiger partial charge in [0.1, 0.15) is 0 Å². The second-order valence-corrected chi connectivity index (χ2v) is 10.1. The number of aryl methyl sites for hydroxylation is 1. The molecule has 0 bridgehead atoms. The third-order valence-corrected chi connectivity index (χ3v) is 5.18. The zero-order valence-electron chi connectivity index (χ0n) is 18.2. The van der Waals surface area contributed by atoms with E-state index in [9.17, 15) is 13.2 Å². The fraction of sp³-hybridized carbons (Fsp3) is 0.292. The lowest BCUT2D eigenvalue weighted by molar-refractivity contribution is -0.116. The molecule has 0 heterocycles. The predicted octanol–water partition coefficient (Wildman–Crippen LogP) is 4.64. The van der Waals surface area contributed by atoms with Gasteiger partial charge >= 0.3 is 0 Å². The number of hydrogen-bond donors (Lipinski definition) is 2. The number of nitrogens with one attached hydrogen (secondary N) is 2. The van der Waals surface area contributed by atoms with E-state index in [4.69, 9.17) is 0 Å². The molecule has 160 valence electrons. The van der Waals surface area contributed by atoms with E-state index in [0.717, 1.165) is 22.9 Å². The van der Waals surface area contributed by atoms with Crippen molar-refractivity contribution in [3.8, 4) is 0 Å². The van der Waals surface area contributed by atoms with Crippen molar-refractivity contribution in [2.75, 3.05) is 11.0 Å². The number of benzene rings is 2. The van der Waals surface area contributed by atoms with Gasteiger partial charge < -0.3 is 5.32 Å². The number of hydrogen-bond acceptors (Lipinski definition) is 3.